The van der Waals surface area contributed by atoms with Crippen molar-refractivity contribution in [3.63, 3.8) is 0 Å². The van der Waals surface area contributed by atoms with Gasteiger partial charge in [0.1, 0.15) is 11.6 Å². The maximum absolute atomic E-state index is 12.1. The van der Waals surface area contributed by atoms with Gasteiger partial charge in [0.25, 0.3) is 11.6 Å². The van der Waals surface area contributed by atoms with Crippen LogP contribution in [0.4, 0.5) is 5.69 Å². The highest BCUT2D eigenvalue weighted by molar-refractivity contribution is 6.02. The van der Waals surface area contributed by atoms with Crippen LogP contribution in [0.5, 0.6) is 11.5 Å². The fourth-order valence-corrected chi connectivity index (χ4v) is 1.82. The zero-order valence-electron chi connectivity index (χ0n) is 12.1. The lowest BCUT2D eigenvalue weighted by Gasteiger charge is -2.17. The van der Waals surface area contributed by atoms with Crippen LogP contribution in [0.3, 0.4) is 0 Å². The van der Waals surface area contributed by atoms with Gasteiger partial charge < -0.3 is 15.1 Å². The molecule has 0 aliphatic carbocycles. The van der Waals surface area contributed by atoms with Crippen LogP contribution in [-0.2, 0) is 4.79 Å². The Morgan fingerprint density at radius 2 is 2.00 bits per heavy atom. The van der Waals surface area contributed by atoms with Crippen LogP contribution in [0.15, 0.2) is 17.7 Å². The Bertz CT molecular complexity index is 672. The summed E-state index contributed by atoms with van der Waals surface area (Å²) < 4.78 is 0. The molecule has 0 aliphatic heterocycles. The molecule has 1 aromatic rings. The maximum Gasteiger partial charge on any atom is 0.274 e. The van der Waals surface area contributed by atoms with Crippen molar-refractivity contribution in [2.75, 3.05) is 13.1 Å². The molecule has 8 heteroatoms. The molecule has 1 aromatic carbocycles. The molecule has 116 valence electrons. The van der Waals surface area contributed by atoms with E-state index in [1.165, 1.54) is 4.90 Å². The Morgan fingerprint density at radius 1 is 1.41 bits per heavy atom. The molecule has 0 saturated heterocycles. The number of phenolic OH excluding ortho intramolecular Hbond substituents is 2. The number of carbonyl (C=O) groups excluding carboxylic acids is 1. The van der Waals surface area contributed by atoms with Gasteiger partial charge >= 0.3 is 0 Å². The van der Waals surface area contributed by atoms with Crippen LogP contribution < -0.4 is 0 Å². The fraction of sp³-hybridized carbons (Fsp3) is 0.286. The summed E-state index contributed by atoms with van der Waals surface area (Å²) in [6.07, 6.45) is 1.02. The third kappa shape index (κ3) is 3.52. The number of amides is 1. The summed E-state index contributed by atoms with van der Waals surface area (Å²) in [4.78, 5) is 23.5. The van der Waals surface area contributed by atoms with Gasteiger partial charge in [0.2, 0.25) is 0 Å². The second kappa shape index (κ2) is 7.08. The number of likely N-dealkylation sites (N-methyl/N-ethyl adjacent to an activating group) is 1. The molecule has 0 heterocycles. The van der Waals surface area contributed by atoms with Gasteiger partial charge in [-0.2, -0.15) is 5.26 Å². The number of rotatable bonds is 5. The maximum atomic E-state index is 12.1. The number of nitrogens with zero attached hydrogens (tertiary/aromatic N) is 3. The van der Waals surface area contributed by atoms with Crippen molar-refractivity contribution in [1.82, 2.24) is 4.90 Å². The molecule has 1 amide bonds. The number of phenols is 2. The van der Waals surface area contributed by atoms with E-state index in [9.17, 15) is 25.1 Å². The third-order valence-electron chi connectivity index (χ3n) is 3.02. The zero-order valence-corrected chi connectivity index (χ0v) is 12.1. The summed E-state index contributed by atoms with van der Waals surface area (Å²) >= 11 is 0. The number of carbonyl (C=O) groups is 1. The molecule has 0 fully saturated rings. The molecular formula is C14H15N3O5. The number of nitriles is 1. The standard InChI is InChI=1S/C14H15N3O5/c1-3-16(4-2)14(20)10(8-15)5-9-6-11(17(21)22)7-12(18)13(9)19/h5-7,18-19H,3-4H2,1-2H3. The van der Waals surface area contributed by atoms with Crippen molar-refractivity contribution < 1.29 is 19.9 Å². The lowest BCUT2D eigenvalue weighted by molar-refractivity contribution is -0.385. The summed E-state index contributed by atoms with van der Waals surface area (Å²) in [6.45, 7) is 4.27. The van der Waals surface area contributed by atoms with Gasteiger partial charge in [-0.3, -0.25) is 14.9 Å². The van der Waals surface area contributed by atoms with Crippen LogP contribution in [0, 0.1) is 21.4 Å². The van der Waals surface area contributed by atoms with E-state index in [0.29, 0.717) is 13.1 Å². The molecular weight excluding hydrogens is 290 g/mol. The van der Waals surface area contributed by atoms with E-state index >= 15 is 0 Å². The van der Waals surface area contributed by atoms with Crippen molar-refractivity contribution in [2.24, 2.45) is 0 Å². The smallest absolute Gasteiger partial charge is 0.274 e. The topological polar surface area (TPSA) is 128 Å². The molecule has 8 nitrogen and oxygen atoms in total. The minimum atomic E-state index is -0.755. The SMILES string of the molecule is CCN(CC)C(=O)C(C#N)=Cc1cc([N+](=O)[O-])cc(O)c1O. The van der Waals surface area contributed by atoms with Gasteiger partial charge in [0.05, 0.1) is 11.0 Å². The van der Waals surface area contributed by atoms with Gasteiger partial charge in [0, 0.05) is 24.7 Å². The molecule has 0 aromatic heterocycles. The van der Waals surface area contributed by atoms with E-state index in [2.05, 4.69) is 0 Å². The van der Waals surface area contributed by atoms with Crippen LogP contribution in [0.25, 0.3) is 6.08 Å². The van der Waals surface area contributed by atoms with Crippen LogP contribution in [0.2, 0.25) is 0 Å². The molecule has 0 spiro atoms. The normalized spacial score (nSPS) is 10.9. The van der Waals surface area contributed by atoms with Gasteiger partial charge in [-0.1, -0.05) is 0 Å². The molecule has 22 heavy (non-hydrogen) atoms. The Hall–Kier alpha value is -3.08. The molecule has 0 radical (unpaired) electrons. The average molecular weight is 305 g/mol. The largest absolute Gasteiger partial charge is 0.504 e. The molecule has 0 atom stereocenters. The molecule has 0 bridgehead atoms. The number of nitro benzene ring substituents is 1. The lowest BCUT2D eigenvalue weighted by Crippen LogP contribution is -2.31. The third-order valence-corrected chi connectivity index (χ3v) is 3.02. The van der Waals surface area contributed by atoms with E-state index in [0.717, 1.165) is 18.2 Å². The van der Waals surface area contributed by atoms with Crippen LogP contribution in [0.1, 0.15) is 19.4 Å². The zero-order chi connectivity index (χ0) is 16.9. The van der Waals surface area contributed by atoms with Crippen molar-refractivity contribution in [3.8, 4) is 17.6 Å². The quantitative estimate of drug-likeness (QED) is 0.280. The van der Waals surface area contributed by atoms with Gasteiger partial charge in [-0.05, 0) is 19.9 Å². The molecule has 0 saturated carbocycles. The lowest BCUT2D eigenvalue weighted by atomic mass is 10.1. The number of nitro groups is 1. The minimum absolute atomic E-state index is 0.177. The fourth-order valence-electron chi connectivity index (χ4n) is 1.82. The summed E-state index contributed by atoms with van der Waals surface area (Å²) in [5, 5.41) is 39.1. The number of non-ortho nitro benzene ring substituents is 1. The Labute approximate surface area is 126 Å². The second-order valence-corrected chi connectivity index (χ2v) is 4.31. The van der Waals surface area contributed by atoms with Crippen molar-refractivity contribution in [2.45, 2.75) is 13.8 Å². The van der Waals surface area contributed by atoms with Crippen molar-refractivity contribution >= 4 is 17.7 Å². The van der Waals surface area contributed by atoms with Gasteiger partial charge in [-0.15, -0.1) is 0 Å². The predicted molar refractivity (Wildman–Crippen MR) is 77.9 cm³/mol. The van der Waals surface area contributed by atoms with E-state index in [-0.39, 0.29) is 11.1 Å². The van der Waals surface area contributed by atoms with Crippen molar-refractivity contribution in [1.29, 1.82) is 5.26 Å². The summed E-state index contributed by atoms with van der Waals surface area (Å²) in [6, 6.07) is 3.46. The summed E-state index contributed by atoms with van der Waals surface area (Å²) in [7, 11) is 0. The Kier molecular flexibility index (Phi) is 5.46. The first-order valence-electron chi connectivity index (χ1n) is 6.47. The first-order chi connectivity index (χ1) is 10.3. The van der Waals surface area contributed by atoms with E-state index in [1.54, 1.807) is 19.9 Å². The van der Waals surface area contributed by atoms with Gasteiger partial charge in [0.15, 0.2) is 11.5 Å². The first-order valence-corrected chi connectivity index (χ1v) is 6.47. The highest BCUT2D eigenvalue weighted by Crippen LogP contribution is 2.34. The monoisotopic (exact) mass is 305 g/mol. The minimum Gasteiger partial charge on any atom is -0.504 e. The number of hydrogen-bond donors (Lipinski definition) is 2. The molecule has 0 aliphatic rings. The Balaban J connectivity index is 3.38. The first kappa shape index (κ1) is 17.0. The summed E-state index contributed by atoms with van der Waals surface area (Å²) in [5.41, 5.74) is -0.934. The molecule has 1 rings (SSSR count). The number of aromatic hydroxyl groups is 2. The van der Waals surface area contributed by atoms with Crippen LogP contribution >= 0.6 is 0 Å². The molecule has 0 unspecified atom stereocenters. The van der Waals surface area contributed by atoms with E-state index in [1.807, 2.05) is 0 Å². The van der Waals surface area contributed by atoms with Crippen molar-refractivity contribution in [3.05, 3.63) is 33.4 Å². The highest BCUT2D eigenvalue weighted by atomic mass is 16.6. The Morgan fingerprint density at radius 3 is 2.45 bits per heavy atom. The number of benzene rings is 1. The second-order valence-electron chi connectivity index (χ2n) is 4.31. The summed E-state index contributed by atoms with van der Waals surface area (Å²) in [5.74, 6) is -1.89. The molecule has 2 N–H and O–H groups in total. The van der Waals surface area contributed by atoms with E-state index in [4.69, 9.17) is 5.26 Å². The number of hydrogen-bond acceptors (Lipinski definition) is 6. The highest BCUT2D eigenvalue weighted by Gasteiger charge is 2.19. The van der Waals surface area contributed by atoms with Gasteiger partial charge in [-0.25, -0.2) is 0 Å². The predicted octanol–water partition coefficient (Wildman–Crippen LogP) is 1.78. The average Bonchev–Trinajstić information content (AvgIpc) is 2.49. The van der Waals surface area contributed by atoms with Crippen LogP contribution in [-0.4, -0.2) is 39.0 Å². The van der Waals surface area contributed by atoms with E-state index < -0.39 is 28.0 Å².